The van der Waals surface area contributed by atoms with E-state index in [0.717, 1.165) is 0 Å². The van der Waals surface area contributed by atoms with E-state index in [1.807, 2.05) is 0 Å². The van der Waals surface area contributed by atoms with Crippen molar-refractivity contribution in [2.45, 2.75) is 0 Å². The highest BCUT2D eigenvalue weighted by atomic mass is 32.2. The fourth-order valence-corrected chi connectivity index (χ4v) is 4.96. The molecule has 2 saturated heterocycles. The van der Waals surface area contributed by atoms with Crippen molar-refractivity contribution in [3.8, 4) is 0 Å². The van der Waals surface area contributed by atoms with Gasteiger partial charge in [-0.1, -0.05) is 0 Å². The Morgan fingerprint density at radius 1 is 0.750 bits per heavy atom. The fourth-order valence-electron chi connectivity index (χ4n) is 2.56. The second-order valence-corrected chi connectivity index (χ2v) is 10.7. The first-order valence-corrected chi connectivity index (χ1v) is 11.2. The number of amides is 2. The number of nitrogens with zero attached hydrogens (tertiary/aromatic N) is 3. The van der Waals surface area contributed by atoms with Crippen molar-refractivity contribution in [1.82, 2.24) is 14.7 Å². The molecule has 0 aromatic heterocycles. The number of sulfone groups is 2. The molecule has 0 radical (unpaired) electrons. The van der Waals surface area contributed by atoms with Gasteiger partial charge in [0.15, 0.2) is 19.7 Å². The average Bonchev–Trinajstić information content (AvgIpc) is 2.46. The minimum Gasteiger partial charge on any atom is -0.444 e. The van der Waals surface area contributed by atoms with Gasteiger partial charge >= 0.3 is 0 Å². The number of carbonyl (C=O) groups excluding carboxylic acids is 2. The molecular weight excluding hydrogens is 358 g/mol. The molecule has 0 atom stereocenters. The first-order chi connectivity index (χ1) is 11.1. The fraction of sp³-hybridized carbons (Fsp3) is 0.769. The largest absolute Gasteiger partial charge is 0.444 e. The molecule has 0 N–H and O–H groups in total. The molecule has 2 rings (SSSR count). The SMILES string of the molecule is [CH2-]N(CC(=O)N1CCS(=O)(=O)CC1)CC(=O)N1CCS(=O)(=O)CC1. The summed E-state index contributed by atoms with van der Waals surface area (Å²) in [6.45, 7) is 0.468. The molecule has 0 aromatic rings. The minimum atomic E-state index is -3.05. The van der Waals surface area contributed by atoms with Crippen LogP contribution in [0.25, 0.3) is 0 Å². The van der Waals surface area contributed by atoms with Crippen LogP contribution < -0.4 is 0 Å². The van der Waals surface area contributed by atoms with Crippen molar-refractivity contribution in [2.24, 2.45) is 0 Å². The van der Waals surface area contributed by atoms with E-state index in [1.54, 1.807) is 0 Å². The average molecular weight is 380 g/mol. The van der Waals surface area contributed by atoms with Crippen molar-refractivity contribution in [1.29, 1.82) is 0 Å². The maximum absolute atomic E-state index is 12.1. The van der Waals surface area contributed by atoms with Gasteiger partial charge in [0.1, 0.15) is 0 Å². The van der Waals surface area contributed by atoms with Gasteiger partial charge in [-0.25, -0.2) is 16.8 Å². The smallest absolute Gasteiger partial charge is 0.234 e. The van der Waals surface area contributed by atoms with Gasteiger partial charge in [-0.15, -0.1) is 0 Å². The standard InChI is InChI=1S/C13H22N3O6S2/c1-14(10-12(17)15-2-6-23(19,20)7-3-15)11-13(18)16-4-8-24(21,22)9-5-16/h1-11H2/q-1. The number of carbonyl (C=O) groups is 2. The predicted octanol–water partition coefficient (Wildman–Crippen LogP) is -2.41. The normalized spacial score (nSPS) is 23.2. The maximum Gasteiger partial charge on any atom is 0.234 e. The lowest BCUT2D eigenvalue weighted by molar-refractivity contribution is -0.134. The molecule has 0 aliphatic carbocycles. The van der Waals surface area contributed by atoms with Crippen LogP contribution in [0.2, 0.25) is 0 Å². The van der Waals surface area contributed by atoms with Crippen LogP contribution in [-0.4, -0.2) is 106 Å². The van der Waals surface area contributed by atoms with Crippen LogP contribution in [0.4, 0.5) is 0 Å². The summed E-state index contributed by atoms with van der Waals surface area (Å²) < 4.78 is 45.4. The second kappa shape index (κ2) is 7.36. The topological polar surface area (TPSA) is 112 Å². The summed E-state index contributed by atoms with van der Waals surface area (Å²) in [7, 11) is -2.44. The number of hydrogen-bond acceptors (Lipinski definition) is 7. The molecule has 2 fully saturated rings. The van der Waals surface area contributed by atoms with Crippen molar-refractivity contribution >= 4 is 31.5 Å². The molecule has 0 bridgehead atoms. The Hall–Kier alpha value is -1.20. The van der Waals surface area contributed by atoms with Gasteiger partial charge < -0.3 is 14.7 Å². The van der Waals surface area contributed by atoms with Crippen molar-refractivity contribution < 1.29 is 26.4 Å². The van der Waals surface area contributed by atoms with E-state index in [4.69, 9.17) is 0 Å². The molecule has 9 nitrogen and oxygen atoms in total. The molecule has 24 heavy (non-hydrogen) atoms. The summed E-state index contributed by atoms with van der Waals surface area (Å²) in [6.07, 6.45) is 0. The third-order valence-corrected chi connectivity index (χ3v) is 7.33. The molecule has 2 aliphatic heterocycles. The molecule has 0 spiro atoms. The van der Waals surface area contributed by atoms with E-state index in [9.17, 15) is 26.4 Å². The van der Waals surface area contributed by atoms with E-state index < -0.39 is 19.7 Å². The Kier molecular flexibility index (Phi) is 5.87. The van der Waals surface area contributed by atoms with Crippen molar-refractivity contribution in [2.75, 3.05) is 62.3 Å². The van der Waals surface area contributed by atoms with Crippen LogP contribution in [0.5, 0.6) is 0 Å². The molecule has 138 valence electrons. The summed E-state index contributed by atoms with van der Waals surface area (Å²) in [6, 6.07) is 0. The zero-order chi connectivity index (χ0) is 18.0. The Labute approximate surface area is 142 Å². The molecule has 2 aliphatic rings. The van der Waals surface area contributed by atoms with E-state index in [0.29, 0.717) is 0 Å². The highest BCUT2D eigenvalue weighted by molar-refractivity contribution is 7.91. The summed E-state index contributed by atoms with van der Waals surface area (Å²) in [5, 5.41) is 0. The molecule has 2 heterocycles. The molecule has 0 aromatic carbocycles. The number of rotatable bonds is 4. The maximum atomic E-state index is 12.1. The van der Waals surface area contributed by atoms with Crippen molar-refractivity contribution in [3.63, 3.8) is 0 Å². The highest BCUT2D eigenvalue weighted by Gasteiger charge is 2.27. The molecule has 0 unspecified atom stereocenters. The van der Waals surface area contributed by atoms with Crippen LogP contribution in [0.1, 0.15) is 0 Å². The first kappa shape index (κ1) is 19.1. The van der Waals surface area contributed by atoms with E-state index in [-0.39, 0.29) is 74.1 Å². The Balaban J connectivity index is 1.77. The van der Waals surface area contributed by atoms with Crippen LogP contribution >= 0.6 is 0 Å². The van der Waals surface area contributed by atoms with Crippen LogP contribution in [-0.2, 0) is 29.3 Å². The molecule has 0 saturated carbocycles. The Morgan fingerprint density at radius 3 is 1.33 bits per heavy atom. The Morgan fingerprint density at radius 2 is 1.04 bits per heavy atom. The summed E-state index contributed by atoms with van der Waals surface area (Å²) in [5.41, 5.74) is 0. The molecular formula is C13H22N3O6S2-. The summed E-state index contributed by atoms with van der Waals surface area (Å²) >= 11 is 0. The molecule has 2 amide bonds. The summed E-state index contributed by atoms with van der Waals surface area (Å²) in [5.74, 6) is -0.717. The van der Waals surface area contributed by atoms with Gasteiger partial charge in [-0.2, -0.15) is 0 Å². The lowest BCUT2D eigenvalue weighted by Gasteiger charge is -2.33. The van der Waals surface area contributed by atoms with Crippen LogP contribution in [0, 0.1) is 7.05 Å². The van der Waals surface area contributed by atoms with Crippen molar-refractivity contribution in [3.05, 3.63) is 7.05 Å². The van der Waals surface area contributed by atoms with Gasteiger partial charge in [0.25, 0.3) is 0 Å². The quantitative estimate of drug-likeness (QED) is 0.500. The molecule has 11 heteroatoms. The van der Waals surface area contributed by atoms with Crippen LogP contribution in [0.15, 0.2) is 0 Å². The lowest BCUT2D eigenvalue weighted by Crippen LogP contribution is -2.49. The van der Waals surface area contributed by atoms with E-state index in [1.165, 1.54) is 14.7 Å². The van der Waals surface area contributed by atoms with Gasteiger partial charge in [-0.05, 0) is 0 Å². The lowest BCUT2D eigenvalue weighted by atomic mass is 10.3. The first-order valence-electron chi connectivity index (χ1n) is 7.60. The third-order valence-electron chi connectivity index (χ3n) is 4.11. The zero-order valence-corrected chi connectivity index (χ0v) is 15.0. The zero-order valence-electron chi connectivity index (χ0n) is 13.4. The number of hydrogen-bond donors (Lipinski definition) is 0. The second-order valence-electron chi connectivity index (χ2n) is 6.05. The van der Waals surface area contributed by atoms with Gasteiger partial charge in [0.2, 0.25) is 11.8 Å². The monoisotopic (exact) mass is 380 g/mol. The van der Waals surface area contributed by atoms with E-state index in [2.05, 4.69) is 7.05 Å². The van der Waals surface area contributed by atoms with Gasteiger partial charge in [-0.3, -0.25) is 16.6 Å². The summed E-state index contributed by atoms with van der Waals surface area (Å²) in [4.78, 5) is 28.4. The third kappa shape index (κ3) is 5.42. The predicted molar refractivity (Wildman–Crippen MR) is 87.4 cm³/mol. The highest BCUT2D eigenvalue weighted by Crippen LogP contribution is 2.07. The van der Waals surface area contributed by atoms with Gasteiger partial charge in [0, 0.05) is 26.2 Å². The minimum absolute atomic E-state index is 0.0446. The Bertz CT molecular complexity index is 615. The van der Waals surface area contributed by atoms with E-state index >= 15 is 0 Å². The van der Waals surface area contributed by atoms with Gasteiger partial charge in [0.05, 0.1) is 36.1 Å². The van der Waals surface area contributed by atoms with Crippen LogP contribution in [0.3, 0.4) is 0 Å².